The van der Waals surface area contributed by atoms with Gasteiger partial charge in [0.25, 0.3) is 0 Å². The van der Waals surface area contributed by atoms with E-state index in [4.69, 9.17) is 9.47 Å². The average molecular weight is 456 g/mol. The third kappa shape index (κ3) is 4.54. The van der Waals surface area contributed by atoms with Crippen molar-refractivity contribution in [3.63, 3.8) is 0 Å². The molecule has 0 aliphatic carbocycles. The molecule has 2 aromatic rings. The monoisotopic (exact) mass is 456 g/mol. The molecular weight excluding hydrogens is 434 g/mol. The number of anilines is 1. The summed E-state index contributed by atoms with van der Waals surface area (Å²) in [5.74, 6) is 1.41. The van der Waals surface area contributed by atoms with Crippen LogP contribution in [-0.4, -0.2) is 30.8 Å². The lowest BCUT2D eigenvalue weighted by atomic mass is 9.96. The van der Waals surface area contributed by atoms with E-state index in [9.17, 15) is 4.39 Å². The minimum Gasteiger partial charge on any atom is -0.494 e. The Morgan fingerprint density at radius 2 is 2.16 bits per heavy atom. The maximum absolute atomic E-state index is 14.3. The van der Waals surface area contributed by atoms with Crippen molar-refractivity contribution < 1.29 is 13.9 Å². The summed E-state index contributed by atoms with van der Waals surface area (Å²) in [6, 6.07) is 8.81. The summed E-state index contributed by atoms with van der Waals surface area (Å²) in [6.45, 7) is 6.11. The minimum absolute atomic E-state index is 0.0851. The molecule has 0 radical (unpaired) electrons. The maximum atomic E-state index is 14.3. The molecule has 1 aromatic carbocycles. The molecule has 0 spiro atoms. The first-order valence-corrected chi connectivity index (χ1v) is 9.60. The lowest BCUT2D eigenvalue weighted by Gasteiger charge is -2.38. The highest BCUT2D eigenvalue weighted by atomic mass is 127. The zero-order valence-corrected chi connectivity index (χ0v) is 16.6. The van der Waals surface area contributed by atoms with Gasteiger partial charge in [-0.1, -0.05) is 6.92 Å². The molecule has 1 aliphatic rings. The second-order valence-corrected chi connectivity index (χ2v) is 7.47. The molecule has 0 saturated carbocycles. The molecule has 3 rings (SSSR count). The Kier molecular flexibility index (Phi) is 5.98. The van der Waals surface area contributed by atoms with Crippen LogP contribution in [0.1, 0.15) is 20.3 Å². The standard InChI is InChI=1S/C19H22FIN2O2/c1-3-24-15-5-6-16(20)17(10-15)23-9-8-18(13(2)12-23)25-19-7-4-14(21)11-22-19/h4-7,10-11,13,18H,3,8-9,12H2,1-2H3/t13-,18-/m1/s1. The normalized spacial score (nSPS) is 20.4. The Hall–Kier alpha value is -1.57. The molecule has 1 aliphatic heterocycles. The van der Waals surface area contributed by atoms with Crippen LogP contribution in [0, 0.1) is 15.3 Å². The first kappa shape index (κ1) is 18.2. The van der Waals surface area contributed by atoms with E-state index in [1.165, 1.54) is 6.07 Å². The van der Waals surface area contributed by atoms with Crippen LogP contribution in [-0.2, 0) is 0 Å². The van der Waals surface area contributed by atoms with Crippen LogP contribution in [0.2, 0.25) is 0 Å². The number of hydrogen-bond donors (Lipinski definition) is 0. The average Bonchev–Trinajstić information content (AvgIpc) is 2.60. The van der Waals surface area contributed by atoms with Gasteiger partial charge < -0.3 is 14.4 Å². The van der Waals surface area contributed by atoms with Gasteiger partial charge in [-0.25, -0.2) is 9.37 Å². The number of benzene rings is 1. The predicted octanol–water partition coefficient (Wildman–Crippen LogP) is 4.52. The van der Waals surface area contributed by atoms with Crippen molar-refractivity contribution in [3.05, 3.63) is 45.9 Å². The Morgan fingerprint density at radius 3 is 2.84 bits per heavy atom. The molecule has 4 nitrogen and oxygen atoms in total. The van der Waals surface area contributed by atoms with Gasteiger partial charge in [-0.05, 0) is 47.7 Å². The number of aromatic nitrogens is 1. The molecule has 25 heavy (non-hydrogen) atoms. The number of nitrogens with zero attached hydrogens (tertiary/aromatic N) is 2. The van der Waals surface area contributed by atoms with Gasteiger partial charge >= 0.3 is 0 Å². The second-order valence-electron chi connectivity index (χ2n) is 6.23. The number of halogens is 2. The molecule has 2 atom stereocenters. The molecular formula is C19H22FIN2O2. The van der Waals surface area contributed by atoms with Crippen molar-refractivity contribution in [2.75, 3.05) is 24.6 Å². The number of hydrogen-bond acceptors (Lipinski definition) is 4. The highest BCUT2D eigenvalue weighted by Crippen LogP contribution is 2.30. The van der Waals surface area contributed by atoms with Gasteiger partial charge in [0.05, 0.1) is 12.3 Å². The zero-order chi connectivity index (χ0) is 17.8. The van der Waals surface area contributed by atoms with E-state index in [-0.39, 0.29) is 17.8 Å². The summed E-state index contributed by atoms with van der Waals surface area (Å²) in [5.41, 5.74) is 0.601. The van der Waals surface area contributed by atoms with Crippen molar-refractivity contribution in [1.29, 1.82) is 0 Å². The molecule has 1 saturated heterocycles. The lowest BCUT2D eigenvalue weighted by molar-refractivity contribution is 0.116. The van der Waals surface area contributed by atoms with E-state index in [1.54, 1.807) is 18.3 Å². The van der Waals surface area contributed by atoms with E-state index < -0.39 is 0 Å². The van der Waals surface area contributed by atoms with E-state index in [1.807, 2.05) is 19.1 Å². The molecule has 2 heterocycles. The molecule has 0 amide bonds. The summed E-state index contributed by atoms with van der Waals surface area (Å²) >= 11 is 2.22. The number of ether oxygens (including phenoxy) is 2. The summed E-state index contributed by atoms with van der Waals surface area (Å²) in [6.07, 6.45) is 2.71. The Labute approximate surface area is 161 Å². The molecule has 6 heteroatoms. The first-order valence-electron chi connectivity index (χ1n) is 8.52. The summed E-state index contributed by atoms with van der Waals surface area (Å²) in [4.78, 5) is 6.38. The molecule has 0 bridgehead atoms. The predicted molar refractivity (Wildman–Crippen MR) is 105 cm³/mol. The third-order valence-electron chi connectivity index (χ3n) is 4.37. The van der Waals surface area contributed by atoms with Gasteiger partial charge in [0.1, 0.15) is 17.7 Å². The zero-order valence-electron chi connectivity index (χ0n) is 14.4. The van der Waals surface area contributed by atoms with Crippen LogP contribution in [0.25, 0.3) is 0 Å². The second kappa shape index (κ2) is 8.21. The van der Waals surface area contributed by atoms with E-state index in [2.05, 4.69) is 39.4 Å². The number of piperidine rings is 1. The third-order valence-corrected chi connectivity index (χ3v) is 5.01. The van der Waals surface area contributed by atoms with Gasteiger partial charge in [0.2, 0.25) is 5.88 Å². The van der Waals surface area contributed by atoms with Crippen molar-refractivity contribution >= 4 is 28.3 Å². The van der Waals surface area contributed by atoms with Gasteiger partial charge in [-0.3, -0.25) is 0 Å². The Bertz CT molecular complexity index is 711. The van der Waals surface area contributed by atoms with Crippen LogP contribution in [0.3, 0.4) is 0 Å². The smallest absolute Gasteiger partial charge is 0.213 e. The van der Waals surface area contributed by atoms with Crippen LogP contribution in [0.5, 0.6) is 11.6 Å². The minimum atomic E-state index is -0.214. The largest absolute Gasteiger partial charge is 0.494 e. The van der Waals surface area contributed by atoms with E-state index in [0.29, 0.717) is 23.9 Å². The van der Waals surface area contributed by atoms with Crippen molar-refractivity contribution in [1.82, 2.24) is 4.98 Å². The van der Waals surface area contributed by atoms with Gasteiger partial charge in [0, 0.05) is 47.3 Å². The molecule has 1 fully saturated rings. The molecule has 1 aromatic heterocycles. The molecule has 0 unspecified atom stereocenters. The summed E-state index contributed by atoms with van der Waals surface area (Å²) in [5, 5.41) is 0. The molecule has 0 N–H and O–H groups in total. The van der Waals surface area contributed by atoms with Crippen molar-refractivity contribution in [3.8, 4) is 11.6 Å². The Morgan fingerprint density at radius 1 is 1.32 bits per heavy atom. The van der Waals surface area contributed by atoms with Crippen molar-refractivity contribution in [2.45, 2.75) is 26.4 Å². The summed E-state index contributed by atoms with van der Waals surface area (Å²) in [7, 11) is 0. The highest BCUT2D eigenvalue weighted by molar-refractivity contribution is 14.1. The first-order chi connectivity index (χ1) is 12.1. The quantitative estimate of drug-likeness (QED) is 0.620. The van der Waals surface area contributed by atoms with Crippen LogP contribution in [0.4, 0.5) is 10.1 Å². The van der Waals surface area contributed by atoms with E-state index >= 15 is 0 Å². The van der Waals surface area contributed by atoms with Crippen LogP contribution in [0.15, 0.2) is 36.5 Å². The fourth-order valence-corrected chi connectivity index (χ4v) is 3.42. The number of rotatable bonds is 5. The maximum Gasteiger partial charge on any atom is 0.213 e. The topological polar surface area (TPSA) is 34.6 Å². The van der Waals surface area contributed by atoms with Gasteiger partial charge in [-0.2, -0.15) is 0 Å². The van der Waals surface area contributed by atoms with Gasteiger partial charge in [0.15, 0.2) is 0 Å². The summed E-state index contributed by atoms with van der Waals surface area (Å²) < 4.78 is 26.9. The van der Waals surface area contributed by atoms with E-state index in [0.717, 1.165) is 23.1 Å². The fraction of sp³-hybridized carbons (Fsp3) is 0.421. The Balaban J connectivity index is 1.67. The van der Waals surface area contributed by atoms with Gasteiger partial charge in [-0.15, -0.1) is 0 Å². The molecule has 134 valence electrons. The van der Waals surface area contributed by atoms with Crippen molar-refractivity contribution in [2.24, 2.45) is 5.92 Å². The number of pyridine rings is 1. The SMILES string of the molecule is CCOc1ccc(F)c(N2CC[C@@H](Oc3ccc(I)cn3)[C@H](C)C2)c1. The fourth-order valence-electron chi connectivity index (χ4n) is 3.10. The van der Waals surface area contributed by atoms with Crippen LogP contribution < -0.4 is 14.4 Å². The van der Waals surface area contributed by atoms with Crippen LogP contribution >= 0.6 is 22.6 Å². The lowest BCUT2D eigenvalue weighted by Crippen LogP contribution is -2.44. The highest BCUT2D eigenvalue weighted by Gasteiger charge is 2.29.